The Kier molecular flexibility index (Phi) is 6.16. The van der Waals surface area contributed by atoms with Crippen LogP contribution < -0.4 is 5.32 Å². The fraction of sp³-hybridized carbons (Fsp3) is 0.320. The van der Waals surface area contributed by atoms with Crippen LogP contribution >= 0.6 is 0 Å². The molecule has 1 amide bonds. The van der Waals surface area contributed by atoms with Crippen molar-refractivity contribution in [1.82, 2.24) is 20.0 Å². The van der Waals surface area contributed by atoms with Gasteiger partial charge in [-0.2, -0.15) is 28.8 Å². The van der Waals surface area contributed by atoms with Gasteiger partial charge in [-0.15, -0.1) is 0 Å². The number of nitrogens with zero attached hydrogens (tertiary/aromatic N) is 6. The van der Waals surface area contributed by atoms with E-state index in [4.69, 9.17) is 0 Å². The summed E-state index contributed by atoms with van der Waals surface area (Å²) in [4.78, 5) is 18.7. The number of fused-ring (bicyclic) bond motifs is 1. The molecule has 1 aromatic carbocycles. The highest BCUT2D eigenvalue weighted by Gasteiger charge is 2.40. The quantitative estimate of drug-likeness (QED) is 0.608. The normalized spacial score (nSPS) is 16.0. The third-order valence-electron chi connectivity index (χ3n) is 6.80. The number of amidine groups is 1. The van der Waals surface area contributed by atoms with Gasteiger partial charge in [-0.05, 0) is 38.0 Å². The molecule has 1 N–H and O–H groups in total. The molecule has 0 saturated carbocycles. The van der Waals surface area contributed by atoms with Gasteiger partial charge >= 0.3 is 6.18 Å². The summed E-state index contributed by atoms with van der Waals surface area (Å²) in [6.45, 7) is 4.91. The van der Waals surface area contributed by atoms with E-state index in [-0.39, 0.29) is 34.7 Å². The van der Waals surface area contributed by atoms with Crippen molar-refractivity contribution in [3.63, 3.8) is 0 Å². The van der Waals surface area contributed by atoms with Crippen molar-refractivity contribution in [3.8, 4) is 12.1 Å². The van der Waals surface area contributed by atoms with E-state index in [0.29, 0.717) is 22.5 Å². The molecule has 8 nitrogen and oxygen atoms in total. The van der Waals surface area contributed by atoms with E-state index >= 15 is 4.39 Å². The molecule has 2 aromatic rings. The molecule has 0 aliphatic carbocycles. The first-order valence-corrected chi connectivity index (χ1v) is 11.1. The van der Waals surface area contributed by atoms with Gasteiger partial charge < -0.3 is 10.2 Å². The summed E-state index contributed by atoms with van der Waals surface area (Å²) in [6.07, 6.45) is -3.89. The van der Waals surface area contributed by atoms with Crippen LogP contribution in [0.25, 0.3) is 0 Å². The van der Waals surface area contributed by atoms with Gasteiger partial charge in [0.2, 0.25) is 0 Å². The van der Waals surface area contributed by atoms with Gasteiger partial charge in [-0.1, -0.05) is 0 Å². The second-order valence-corrected chi connectivity index (χ2v) is 8.83. The van der Waals surface area contributed by atoms with Gasteiger partial charge in [-0.25, -0.2) is 4.39 Å². The number of allylic oxidation sites excluding steroid dienone is 4. The zero-order valence-corrected chi connectivity index (χ0v) is 20.5. The van der Waals surface area contributed by atoms with Crippen LogP contribution in [0, 0.1) is 35.4 Å². The molecule has 0 spiro atoms. The van der Waals surface area contributed by atoms with Gasteiger partial charge in [0.25, 0.3) is 5.91 Å². The number of rotatable bonds is 2. The molecule has 190 valence electrons. The molecular formula is C25H21F4N7O. The average molecular weight is 511 g/mol. The molecular weight excluding hydrogens is 490 g/mol. The highest BCUT2D eigenvalue weighted by atomic mass is 19.4. The summed E-state index contributed by atoms with van der Waals surface area (Å²) >= 11 is 0. The number of nitrogens with one attached hydrogen (secondary N) is 1. The van der Waals surface area contributed by atoms with Gasteiger partial charge in [0, 0.05) is 42.8 Å². The lowest BCUT2D eigenvalue weighted by Gasteiger charge is -2.33. The van der Waals surface area contributed by atoms with Crippen molar-refractivity contribution >= 4 is 11.7 Å². The number of alkyl halides is 3. The number of aromatic nitrogens is 2. The van der Waals surface area contributed by atoms with Crippen LogP contribution in [0.4, 0.5) is 17.6 Å². The molecule has 2 aliphatic heterocycles. The minimum atomic E-state index is -4.85. The smallest absolute Gasteiger partial charge is 0.350 e. The zero-order chi connectivity index (χ0) is 27.4. The number of benzene rings is 1. The Bertz CT molecular complexity index is 1490. The second-order valence-electron chi connectivity index (χ2n) is 8.83. The maximum atomic E-state index is 15.7. The Morgan fingerprint density at radius 1 is 1.14 bits per heavy atom. The average Bonchev–Trinajstić information content (AvgIpc) is 3.43. The van der Waals surface area contributed by atoms with Crippen molar-refractivity contribution < 1.29 is 22.4 Å². The van der Waals surface area contributed by atoms with E-state index in [9.17, 15) is 28.5 Å². The van der Waals surface area contributed by atoms with Crippen molar-refractivity contribution in [2.45, 2.75) is 39.4 Å². The Morgan fingerprint density at radius 2 is 1.73 bits per heavy atom. The van der Waals surface area contributed by atoms with Crippen LogP contribution in [0.15, 0.2) is 39.8 Å². The van der Waals surface area contributed by atoms with Crippen molar-refractivity contribution in [2.75, 3.05) is 7.05 Å². The number of nitriles is 2. The Labute approximate surface area is 209 Å². The zero-order valence-electron chi connectivity index (χ0n) is 20.5. The van der Waals surface area contributed by atoms with E-state index < -0.39 is 35.1 Å². The third kappa shape index (κ3) is 4.04. The molecule has 37 heavy (non-hydrogen) atoms. The molecule has 4 rings (SSSR count). The summed E-state index contributed by atoms with van der Waals surface area (Å²) in [6, 6.07) is 5.59. The SMILES string of the molecule is CC1=C(C#N)C(c2cc3c(c(C)c2F)CN=C3NC(=O)c2cn(C)nc2C(F)(F)F)C(C#N)=C(C)N1C. The molecule has 1 aromatic heterocycles. The van der Waals surface area contributed by atoms with E-state index in [1.54, 1.807) is 25.8 Å². The molecule has 12 heteroatoms. The van der Waals surface area contributed by atoms with Crippen LogP contribution in [0.5, 0.6) is 0 Å². The van der Waals surface area contributed by atoms with Crippen LogP contribution in [0.2, 0.25) is 0 Å². The highest BCUT2D eigenvalue weighted by Crippen LogP contribution is 2.43. The monoisotopic (exact) mass is 511 g/mol. The first-order valence-electron chi connectivity index (χ1n) is 11.1. The topological polar surface area (TPSA) is 110 Å². The summed E-state index contributed by atoms with van der Waals surface area (Å²) < 4.78 is 56.7. The van der Waals surface area contributed by atoms with E-state index in [1.807, 2.05) is 0 Å². The number of carbonyl (C=O) groups is 1. The molecule has 0 atom stereocenters. The van der Waals surface area contributed by atoms with Gasteiger partial charge in [0.1, 0.15) is 11.7 Å². The largest absolute Gasteiger partial charge is 0.435 e. The summed E-state index contributed by atoms with van der Waals surface area (Å²) in [5.41, 5.74) is 0.471. The number of aryl methyl sites for hydroxylation is 1. The number of hydrogen-bond acceptors (Lipinski definition) is 6. The molecule has 0 radical (unpaired) electrons. The Balaban J connectivity index is 1.81. The minimum Gasteiger partial charge on any atom is -0.350 e. The number of carbonyl (C=O) groups excluding carboxylic acids is 1. The fourth-order valence-corrected chi connectivity index (χ4v) is 4.65. The highest BCUT2D eigenvalue weighted by molar-refractivity contribution is 6.14. The maximum Gasteiger partial charge on any atom is 0.435 e. The van der Waals surface area contributed by atoms with Crippen molar-refractivity contribution in [2.24, 2.45) is 12.0 Å². The number of aliphatic imine (C=N–C) groups is 1. The number of amides is 1. The lowest BCUT2D eigenvalue weighted by molar-refractivity contribution is -0.141. The molecule has 2 aliphatic rings. The summed E-state index contributed by atoms with van der Waals surface area (Å²) in [7, 11) is 2.97. The first kappa shape index (κ1) is 25.6. The Hall–Kier alpha value is -4.45. The molecule has 0 fully saturated rings. The Morgan fingerprint density at radius 3 is 2.27 bits per heavy atom. The van der Waals surface area contributed by atoms with Crippen LogP contribution in [-0.2, 0) is 19.8 Å². The molecule has 0 unspecified atom stereocenters. The molecule has 3 heterocycles. The van der Waals surface area contributed by atoms with Gasteiger partial charge in [-0.3, -0.25) is 14.5 Å². The number of halogens is 4. The second kappa shape index (κ2) is 8.89. The van der Waals surface area contributed by atoms with Gasteiger partial charge in [0.15, 0.2) is 5.69 Å². The predicted molar refractivity (Wildman–Crippen MR) is 124 cm³/mol. The van der Waals surface area contributed by atoms with Crippen LogP contribution in [0.3, 0.4) is 0 Å². The number of hydrogen-bond donors (Lipinski definition) is 1. The van der Waals surface area contributed by atoms with Gasteiger partial charge in [0.05, 0.1) is 41.3 Å². The van der Waals surface area contributed by atoms with Crippen molar-refractivity contribution in [1.29, 1.82) is 10.5 Å². The predicted octanol–water partition coefficient (Wildman–Crippen LogP) is 4.20. The van der Waals surface area contributed by atoms with E-state index in [2.05, 4.69) is 27.5 Å². The minimum absolute atomic E-state index is 0.000497. The van der Waals surface area contributed by atoms with Crippen LogP contribution in [-0.4, -0.2) is 33.5 Å². The standard InChI is InChI=1S/C25H21F4N7O/c1-11-18-9-32-23(33-24(37)19-10-35(4)34-22(19)25(27,28)29)14(18)6-15(21(11)26)20-16(7-30)12(2)36(5)13(3)17(20)8-31/h6,10,20H,9H2,1-5H3,(H,32,33,37). The molecule has 0 saturated heterocycles. The van der Waals surface area contributed by atoms with E-state index in [1.165, 1.54) is 20.0 Å². The van der Waals surface area contributed by atoms with Crippen molar-refractivity contribution in [3.05, 3.63) is 74.1 Å². The lowest BCUT2D eigenvalue weighted by atomic mass is 9.79. The first-order chi connectivity index (χ1) is 17.3. The summed E-state index contributed by atoms with van der Waals surface area (Å²) in [5, 5.41) is 25.5. The fourth-order valence-electron chi connectivity index (χ4n) is 4.65. The third-order valence-corrected chi connectivity index (χ3v) is 6.80. The lowest BCUT2D eigenvalue weighted by Crippen LogP contribution is -2.32. The molecule has 0 bridgehead atoms. The van der Waals surface area contributed by atoms with Crippen LogP contribution in [0.1, 0.15) is 58.1 Å². The van der Waals surface area contributed by atoms with E-state index in [0.717, 1.165) is 10.9 Å². The maximum absolute atomic E-state index is 15.7. The summed E-state index contributed by atoms with van der Waals surface area (Å²) in [5.74, 6) is -2.73.